The summed E-state index contributed by atoms with van der Waals surface area (Å²) in [6, 6.07) is 11.5. The summed E-state index contributed by atoms with van der Waals surface area (Å²) in [6.07, 6.45) is 0.871. The Morgan fingerprint density at radius 3 is 2.56 bits per heavy atom. The molecule has 0 aliphatic heterocycles. The van der Waals surface area contributed by atoms with Crippen molar-refractivity contribution in [3.63, 3.8) is 0 Å². The van der Waals surface area contributed by atoms with E-state index in [-0.39, 0.29) is 17.9 Å². The highest BCUT2D eigenvalue weighted by Crippen LogP contribution is 2.25. The molecule has 0 saturated heterocycles. The topological polar surface area (TPSA) is 61.8 Å². The van der Waals surface area contributed by atoms with E-state index in [0.29, 0.717) is 22.4 Å². The average molecular weight is 407 g/mol. The van der Waals surface area contributed by atoms with E-state index in [2.05, 4.69) is 15.9 Å². The van der Waals surface area contributed by atoms with Gasteiger partial charge in [-0.1, -0.05) is 28.9 Å². The summed E-state index contributed by atoms with van der Waals surface area (Å²) in [7, 11) is 0. The van der Waals surface area contributed by atoms with E-state index >= 15 is 0 Å². The van der Waals surface area contributed by atoms with E-state index in [1.807, 2.05) is 6.92 Å². The largest absolute Gasteiger partial charge is 0.494 e. The second kappa shape index (κ2) is 9.22. The monoisotopic (exact) mass is 406 g/mol. The lowest BCUT2D eigenvalue weighted by Gasteiger charge is -2.11. The molecule has 0 saturated carbocycles. The number of carbonyl (C=O) groups excluding carboxylic acids is 2. The number of rotatable bonds is 7. The highest BCUT2D eigenvalue weighted by molar-refractivity contribution is 9.10. The molecule has 0 spiro atoms. The fraction of sp³-hybridized carbons (Fsp3) is 0.263. The maximum atomic E-state index is 12.4. The maximum absolute atomic E-state index is 12.4. The molecule has 0 fully saturated rings. The summed E-state index contributed by atoms with van der Waals surface area (Å²) in [5, 5.41) is 0. The van der Waals surface area contributed by atoms with Gasteiger partial charge in [-0.2, -0.15) is 0 Å². The second-order valence-electron chi connectivity index (χ2n) is 5.13. The number of carbonyl (C=O) groups is 2. The van der Waals surface area contributed by atoms with Crippen molar-refractivity contribution < 1.29 is 23.8 Å². The summed E-state index contributed by atoms with van der Waals surface area (Å²) in [4.78, 5) is 24.5. The highest BCUT2D eigenvalue weighted by atomic mass is 79.9. The molecule has 0 radical (unpaired) electrons. The third-order valence-corrected chi connectivity index (χ3v) is 3.68. The van der Waals surface area contributed by atoms with Crippen molar-refractivity contribution in [3.8, 4) is 11.5 Å². The standard InChI is InChI=1S/C19H19BrO5/c1-3-10-24-15-7-5-6-13(11-15)18(21)25-17-9-8-14(20)12-16(17)19(22)23-4-2/h5-9,11-12H,3-4,10H2,1-2H3. The highest BCUT2D eigenvalue weighted by Gasteiger charge is 2.18. The molecule has 2 aromatic carbocycles. The van der Waals surface area contributed by atoms with Crippen molar-refractivity contribution in [1.29, 1.82) is 0 Å². The van der Waals surface area contributed by atoms with Gasteiger partial charge >= 0.3 is 11.9 Å². The second-order valence-corrected chi connectivity index (χ2v) is 6.04. The first-order valence-electron chi connectivity index (χ1n) is 7.96. The van der Waals surface area contributed by atoms with Gasteiger partial charge in [-0.3, -0.25) is 0 Å². The van der Waals surface area contributed by atoms with Crippen LogP contribution in [0, 0.1) is 0 Å². The number of hydrogen-bond acceptors (Lipinski definition) is 5. The van der Waals surface area contributed by atoms with E-state index in [0.717, 1.165) is 6.42 Å². The maximum Gasteiger partial charge on any atom is 0.343 e. The molecular weight excluding hydrogens is 388 g/mol. The van der Waals surface area contributed by atoms with Gasteiger partial charge in [0.05, 0.1) is 18.8 Å². The molecule has 2 aromatic rings. The third-order valence-electron chi connectivity index (χ3n) is 3.18. The lowest BCUT2D eigenvalue weighted by Crippen LogP contribution is -2.13. The molecule has 0 atom stereocenters. The average Bonchev–Trinajstić information content (AvgIpc) is 2.61. The van der Waals surface area contributed by atoms with Crippen molar-refractivity contribution in [2.45, 2.75) is 20.3 Å². The van der Waals surface area contributed by atoms with Crippen LogP contribution in [0.5, 0.6) is 11.5 Å². The van der Waals surface area contributed by atoms with Crippen LogP contribution in [0.2, 0.25) is 0 Å². The molecule has 5 nitrogen and oxygen atoms in total. The van der Waals surface area contributed by atoms with E-state index in [1.54, 1.807) is 49.4 Å². The number of esters is 2. The van der Waals surface area contributed by atoms with Gasteiger partial charge in [-0.15, -0.1) is 0 Å². The Bertz CT molecular complexity index is 757. The molecular formula is C19H19BrO5. The molecule has 6 heteroatoms. The smallest absolute Gasteiger partial charge is 0.343 e. The summed E-state index contributed by atoms with van der Waals surface area (Å²) >= 11 is 3.30. The molecule has 0 aliphatic carbocycles. The quantitative estimate of drug-likeness (QED) is 0.495. The summed E-state index contributed by atoms with van der Waals surface area (Å²) in [5.74, 6) is -0.384. The zero-order valence-electron chi connectivity index (χ0n) is 14.1. The number of hydrogen-bond donors (Lipinski definition) is 0. The van der Waals surface area contributed by atoms with Crippen molar-refractivity contribution in [2.24, 2.45) is 0 Å². The predicted molar refractivity (Wildman–Crippen MR) is 97.3 cm³/mol. The molecule has 0 amide bonds. The van der Waals surface area contributed by atoms with Gasteiger partial charge in [0.25, 0.3) is 0 Å². The van der Waals surface area contributed by atoms with Gasteiger partial charge in [0.1, 0.15) is 17.1 Å². The lowest BCUT2D eigenvalue weighted by molar-refractivity contribution is 0.0520. The van der Waals surface area contributed by atoms with E-state index < -0.39 is 11.9 Å². The van der Waals surface area contributed by atoms with Crippen LogP contribution in [0.3, 0.4) is 0 Å². The van der Waals surface area contributed by atoms with Gasteiger partial charge in [-0.25, -0.2) is 9.59 Å². The fourth-order valence-corrected chi connectivity index (χ4v) is 2.41. The van der Waals surface area contributed by atoms with Crippen LogP contribution in [0.25, 0.3) is 0 Å². The minimum absolute atomic E-state index is 0.145. The van der Waals surface area contributed by atoms with Crippen molar-refractivity contribution in [3.05, 3.63) is 58.1 Å². The molecule has 0 aliphatic rings. The van der Waals surface area contributed by atoms with Crippen LogP contribution in [-0.4, -0.2) is 25.2 Å². The minimum atomic E-state index is -0.574. The van der Waals surface area contributed by atoms with Crippen molar-refractivity contribution in [1.82, 2.24) is 0 Å². The molecule has 0 bridgehead atoms. The van der Waals surface area contributed by atoms with E-state index in [4.69, 9.17) is 14.2 Å². The van der Waals surface area contributed by atoms with Crippen LogP contribution in [-0.2, 0) is 4.74 Å². The predicted octanol–water partition coefficient (Wildman–Crippen LogP) is 4.63. The van der Waals surface area contributed by atoms with Gasteiger partial charge in [0, 0.05) is 4.47 Å². The van der Waals surface area contributed by atoms with Crippen molar-refractivity contribution in [2.75, 3.05) is 13.2 Å². The van der Waals surface area contributed by atoms with Crippen LogP contribution in [0.15, 0.2) is 46.9 Å². The Morgan fingerprint density at radius 2 is 1.84 bits per heavy atom. The Hall–Kier alpha value is -2.34. The van der Waals surface area contributed by atoms with Crippen LogP contribution >= 0.6 is 15.9 Å². The summed E-state index contributed by atoms with van der Waals surface area (Å²) in [5.41, 5.74) is 0.522. The van der Waals surface area contributed by atoms with Crippen molar-refractivity contribution >= 4 is 27.9 Å². The Labute approximate surface area is 155 Å². The Kier molecular flexibility index (Phi) is 7.01. The Morgan fingerprint density at radius 1 is 1.04 bits per heavy atom. The summed E-state index contributed by atoms with van der Waals surface area (Å²) in [6.45, 7) is 4.51. The molecule has 132 valence electrons. The minimum Gasteiger partial charge on any atom is -0.494 e. The van der Waals surface area contributed by atoms with Crippen LogP contribution in [0.1, 0.15) is 41.0 Å². The number of benzene rings is 2. The zero-order chi connectivity index (χ0) is 18.2. The first-order chi connectivity index (χ1) is 12.0. The molecule has 25 heavy (non-hydrogen) atoms. The SMILES string of the molecule is CCCOc1cccc(C(=O)Oc2ccc(Br)cc2C(=O)OCC)c1. The van der Waals surface area contributed by atoms with Gasteiger partial charge in [-0.05, 0) is 49.7 Å². The van der Waals surface area contributed by atoms with E-state index in [9.17, 15) is 9.59 Å². The zero-order valence-corrected chi connectivity index (χ0v) is 15.7. The molecule has 0 N–H and O–H groups in total. The van der Waals surface area contributed by atoms with Gasteiger partial charge < -0.3 is 14.2 Å². The normalized spacial score (nSPS) is 10.2. The van der Waals surface area contributed by atoms with E-state index in [1.165, 1.54) is 0 Å². The third kappa shape index (κ3) is 5.32. The molecule has 0 heterocycles. The number of ether oxygens (including phenoxy) is 3. The molecule has 2 rings (SSSR count). The summed E-state index contributed by atoms with van der Waals surface area (Å²) < 4.78 is 16.6. The first kappa shape index (κ1) is 19.0. The van der Waals surface area contributed by atoms with Crippen LogP contribution in [0.4, 0.5) is 0 Å². The fourth-order valence-electron chi connectivity index (χ4n) is 2.05. The number of halogens is 1. The molecule has 0 aromatic heterocycles. The lowest BCUT2D eigenvalue weighted by atomic mass is 10.2. The van der Waals surface area contributed by atoms with Gasteiger partial charge in [0.15, 0.2) is 0 Å². The van der Waals surface area contributed by atoms with Gasteiger partial charge in [0.2, 0.25) is 0 Å². The first-order valence-corrected chi connectivity index (χ1v) is 8.76. The van der Waals surface area contributed by atoms with Crippen LogP contribution < -0.4 is 9.47 Å². The Balaban J connectivity index is 2.21. The molecule has 0 unspecified atom stereocenters.